The second kappa shape index (κ2) is 3.34. The Hall–Kier alpha value is -0.0831. The van der Waals surface area contributed by atoms with Crippen molar-refractivity contribution in [2.75, 3.05) is 0 Å². The fourth-order valence-electron chi connectivity index (χ4n) is 1.42. The van der Waals surface area contributed by atoms with Gasteiger partial charge in [0.2, 0.25) is 0 Å². The monoisotopic (exact) mass is 242 g/mol. The largest absolute Gasteiger partial charge is 0.0779 e. The van der Waals surface area contributed by atoms with Gasteiger partial charge in [-0.3, -0.25) is 0 Å². The molecule has 0 aromatic heterocycles. The van der Waals surface area contributed by atoms with Crippen LogP contribution in [0.2, 0.25) is 19.6 Å². The Bertz CT molecular complexity index is 286. The highest BCUT2D eigenvalue weighted by atomic mass is 79.9. The van der Waals surface area contributed by atoms with Gasteiger partial charge < -0.3 is 0 Å². The molecule has 0 fully saturated rings. The van der Waals surface area contributed by atoms with Crippen LogP contribution in [0.3, 0.4) is 0 Å². The highest BCUT2D eigenvalue weighted by Crippen LogP contribution is 2.16. The van der Waals surface area contributed by atoms with Crippen LogP contribution >= 0.6 is 15.9 Å². The van der Waals surface area contributed by atoms with Crippen LogP contribution in [0.5, 0.6) is 0 Å². The SMILES string of the molecule is Cc1c(Br)cccc1[Si](C)(C)C. The Morgan fingerprint density at radius 3 is 2.17 bits per heavy atom. The molecule has 1 aromatic rings. The third-order valence-electron chi connectivity index (χ3n) is 2.08. The van der Waals surface area contributed by atoms with Crippen LogP contribution in [0.25, 0.3) is 0 Å². The molecule has 0 unspecified atom stereocenters. The van der Waals surface area contributed by atoms with Gasteiger partial charge in [0.25, 0.3) is 0 Å². The van der Waals surface area contributed by atoms with E-state index in [0.29, 0.717) is 0 Å². The van der Waals surface area contributed by atoms with Gasteiger partial charge >= 0.3 is 0 Å². The van der Waals surface area contributed by atoms with E-state index in [4.69, 9.17) is 0 Å². The van der Waals surface area contributed by atoms with Gasteiger partial charge in [-0.05, 0) is 18.6 Å². The average molecular weight is 243 g/mol. The molecule has 0 radical (unpaired) electrons. The van der Waals surface area contributed by atoms with Gasteiger partial charge in [0.05, 0.1) is 8.07 Å². The maximum Gasteiger partial charge on any atom is 0.0779 e. The summed E-state index contributed by atoms with van der Waals surface area (Å²) >= 11 is 3.56. The smallest absolute Gasteiger partial charge is 0.0656 e. The van der Waals surface area contributed by atoms with E-state index in [1.165, 1.54) is 10.0 Å². The van der Waals surface area contributed by atoms with Crippen LogP contribution in [-0.4, -0.2) is 8.07 Å². The molecule has 0 saturated carbocycles. The van der Waals surface area contributed by atoms with E-state index in [9.17, 15) is 0 Å². The highest BCUT2D eigenvalue weighted by molar-refractivity contribution is 9.10. The zero-order valence-electron chi connectivity index (χ0n) is 8.11. The first kappa shape index (κ1) is 10.0. The highest BCUT2D eigenvalue weighted by Gasteiger charge is 2.18. The van der Waals surface area contributed by atoms with Crippen molar-refractivity contribution < 1.29 is 0 Å². The molecule has 0 N–H and O–H groups in total. The van der Waals surface area contributed by atoms with Gasteiger partial charge in [-0.15, -0.1) is 0 Å². The molecule has 0 aliphatic rings. The van der Waals surface area contributed by atoms with Crippen molar-refractivity contribution in [2.45, 2.75) is 26.6 Å². The molecule has 66 valence electrons. The van der Waals surface area contributed by atoms with Crippen molar-refractivity contribution in [3.05, 3.63) is 28.2 Å². The molecule has 0 spiro atoms. The molecule has 1 rings (SSSR count). The molecule has 12 heavy (non-hydrogen) atoms. The Kier molecular flexibility index (Phi) is 2.79. The van der Waals surface area contributed by atoms with Crippen LogP contribution in [-0.2, 0) is 0 Å². The number of halogens is 1. The van der Waals surface area contributed by atoms with E-state index >= 15 is 0 Å². The summed E-state index contributed by atoms with van der Waals surface area (Å²) in [6, 6.07) is 6.50. The van der Waals surface area contributed by atoms with Crippen molar-refractivity contribution >= 4 is 29.2 Å². The lowest BCUT2D eigenvalue weighted by molar-refractivity contribution is 1.45. The third-order valence-corrected chi connectivity index (χ3v) is 5.09. The Labute approximate surface area is 84.1 Å². The summed E-state index contributed by atoms with van der Waals surface area (Å²) in [6.07, 6.45) is 0. The van der Waals surface area contributed by atoms with Crippen LogP contribution in [0, 0.1) is 6.92 Å². The van der Waals surface area contributed by atoms with E-state index in [-0.39, 0.29) is 0 Å². The minimum atomic E-state index is -1.14. The lowest BCUT2D eigenvalue weighted by atomic mass is 10.2. The first-order chi connectivity index (χ1) is 5.43. The Balaban J connectivity index is 3.26. The van der Waals surface area contributed by atoms with Crippen LogP contribution in [0.15, 0.2) is 22.7 Å². The first-order valence-electron chi connectivity index (χ1n) is 4.18. The summed E-state index contributed by atoms with van der Waals surface area (Å²) in [4.78, 5) is 0. The predicted octanol–water partition coefficient (Wildman–Crippen LogP) is 3.30. The molecule has 2 heteroatoms. The number of hydrogen-bond donors (Lipinski definition) is 0. The molecule has 0 heterocycles. The van der Waals surface area contributed by atoms with Gasteiger partial charge in [0.1, 0.15) is 0 Å². The van der Waals surface area contributed by atoms with E-state index < -0.39 is 8.07 Å². The summed E-state index contributed by atoms with van der Waals surface area (Å²) in [5.41, 5.74) is 1.41. The van der Waals surface area contributed by atoms with E-state index in [1.54, 1.807) is 5.19 Å². The summed E-state index contributed by atoms with van der Waals surface area (Å²) in [6.45, 7) is 9.32. The van der Waals surface area contributed by atoms with Gasteiger partial charge in [0.15, 0.2) is 0 Å². The van der Waals surface area contributed by atoms with Crippen molar-refractivity contribution in [3.63, 3.8) is 0 Å². The standard InChI is InChI=1S/C10H15BrSi/c1-8-9(11)6-5-7-10(8)12(2,3)4/h5-7H,1-4H3. The Morgan fingerprint density at radius 2 is 1.75 bits per heavy atom. The van der Waals surface area contributed by atoms with Crippen LogP contribution < -0.4 is 5.19 Å². The predicted molar refractivity (Wildman–Crippen MR) is 61.9 cm³/mol. The summed E-state index contributed by atoms with van der Waals surface area (Å²) < 4.78 is 1.24. The van der Waals surface area contributed by atoms with Crippen LogP contribution in [0.1, 0.15) is 5.56 Å². The Morgan fingerprint density at radius 1 is 1.17 bits per heavy atom. The molecule has 0 amide bonds. The van der Waals surface area contributed by atoms with Gasteiger partial charge in [-0.1, -0.05) is 52.9 Å². The molecule has 0 aliphatic heterocycles. The quantitative estimate of drug-likeness (QED) is 0.664. The zero-order chi connectivity index (χ0) is 9.35. The fourth-order valence-corrected chi connectivity index (χ4v) is 3.83. The molecule has 0 aliphatic carbocycles. The number of hydrogen-bond acceptors (Lipinski definition) is 0. The van der Waals surface area contributed by atoms with E-state index in [2.05, 4.69) is 60.7 Å². The zero-order valence-corrected chi connectivity index (χ0v) is 10.7. The maximum atomic E-state index is 3.56. The summed E-state index contributed by atoms with van der Waals surface area (Å²) in [5.74, 6) is 0. The minimum absolute atomic E-state index is 1.14. The molecule has 0 saturated heterocycles. The first-order valence-corrected chi connectivity index (χ1v) is 8.48. The summed E-state index contributed by atoms with van der Waals surface area (Å²) in [5, 5.41) is 1.55. The average Bonchev–Trinajstić information content (AvgIpc) is 1.92. The van der Waals surface area contributed by atoms with E-state index in [0.717, 1.165) is 0 Å². The number of rotatable bonds is 1. The van der Waals surface area contributed by atoms with Crippen molar-refractivity contribution in [1.82, 2.24) is 0 Å². The van der Waals surface area contributed by atoms with Crippen molar-refractivity contribution in [3.8, 4) is 0 Å². The molecular weight excluding hydrogens is 228 g/mol. The van der Waals surface area contributed by atoms with Gasteiger partial charge in [-0.25, -0.2) is 0 Å². The molecular formula is C10H15BrSi. The minimum Gasteiger partial charge on any atom is -0.0656 e. The molecule has 0 bridgehead atoms. The van der Waals surface area contributed by atoms with Crippen molar-refractivity contribution in [2.24, 2.45) is 0 Å². The normalized spacial score (nSPS) is 11.8. The molecule has 0 nitrogen and oxygen atoms in total. The lowest BCUT2D eigenvalue weighted by Gasteiger charge is -2.19. The third kappa shape index (κ3) is 1.99. The molecule has 0 atom stereocenters. The number of benzene rings is 1. The van der Waals surface area contributed by atoms with Crippen molar-refractivity contribution in [1.29, 1.82) is 0 Å². The van der Waals surface area contributed by atoms with Gasteiger partial charge in [0, 0.05) is 4.47 Å². The second-order valence-electron chi connectivity index (χ2n) is 4.16. The summed E-state index contributed by atoms with van der Waals surface area (Å²) in [7, 11) is -1.14. The van der Waals surface area contributed by atoms with Crippen LogP contribution in [0.4, 0.5) is 0 Å². The van der Waals surface area contributed by atoms with Gasteiger partial charge in [-0.2, -0.15) is 0 Å². The fraction of sp³-hybridized carbons (Fsp3) is 0.400. The lowest BCUT2D eigenvalue weighted by Crippen LogP contribution is -2.39. The maximum absolute atomic E-state index is 3.56. The molecule has 1 aromatic carbocycles. The van der Waals surface area contributed by atoms with E-state index in [1.807, 2.05) is 0 Å². The topological polar surface area (TPSA) is 0 Å². The second-order valence-corrected chi connectivity index (χ2v) is 10.1.